The number of carboxylic acids is 5. The second kappa shape index (κ2) is 39.3. The summed E-state index contributed by atoms with van der Waals surface area (Å²) in [5, 5.41) is 48.8. The molecule has 16 heteroatoms. The summed E-state index contributed by atoms with van der Waals surface area (Å²) in [5.74, 6) is -7.68. The number of carbonyl (C=O) groups excluding carboxylic acids is 10. The van der Waals surface area contributed by atoms with Gasteiger partial charge in [0.15, 0.2) is 0 Å². The maximum absolute atomic E-state index is 10.4. The fourth-order valence-corrected chi connectivity index (χ4v) is 2.64. The zero-order chi connectivity index (χ0) is 36.4. The summed E-state index contributed by atoms with van der Waals surface area (Å²) in [5.41, 5.74) is 0. The van der Waals surface area contributed by atoms with Crippen molar-refractivity contribution in [3.63, 3.8) is 0 Å². The maximum Gasteiger partial charge on any atom is 5.00 e. The first-order chi connectivity index (χ1) is 20.8. The molecule has 0 aliphatic heterocycles. The van der Waals surface area contributed by atoms with E-state index in [0.717, 1.165) is 0 Å². The molecule has 0 aliphatic rings. The van der Waals surface area contributed by atoms with Crippen LogP contribution in [-0.4, -0.2) is 58.8 Å². The third-order valence-corrected chi connectivity index (χ3v) is 4.35. The van der Waals surface area contributed by atoms with E-state index in [1.54, 1.807) is 0 Å². The standard InChI is InChI=1S/5C6H10O3.V/c5*1-2-3-5(7)4-6(8)9;/h5*2-4H2,1H3,(H,8,9);/q;;;;;+5/p-5. The van der Waals surface area contributed by atoms with Gasteiger partial charge in [0.25, 0.3) is 0 Å². The van der Waals surface area contributed by atoms with E-state index in [4.69, 9.17) is 0 Å². The van der Waals surface area contributed by atoms with E-state index in [1.165, 1.54) is 0 Å². The van der Waals surface area contributed by atoms with E-state index in [-0.39, 0.29) is 47.5 Å². The second-order valence-electron chi connectivity index (χ2n) is 9.19. The zero-order valence-corrected chi connectivity index (χ0v) is 28.6. The summed E-state index contributed by atoms with van der Waals surface area (Å²) in [6.45, 7) is 9.13. The Kier molecular flexibility index (Phi) is 46.8. The first-order valence-corrected chi connectivity index (χ1v) is 14.4. The number of aliphatic carboxylic acids is 5. The molecule has 0 bridgehead atoms. The minimum atomic E-state index is -1.28. The molecule has 46 heavy (non-hydrogen) atoms. The molecule has 0 aromatic carbocycles. The van der Waals surface area contributed by atoms with E-state index in [1.807, 2.05) is 34.6 Å². The Morgan fingerprint density at radius 2 is 0.413 bits per heavy atom. The molecule has 0 rings (SSSR count). The molecule has 260 valence electrons. The number of Topliss-reactive ketones (excluding diaryl/α,β-unsaturated/α-hetero) is 5. The first-order valence-electron chi connectivity index (χ1n) is 14.4. The average molecular weight is 697 g/mol. The van der Waals surface area contributed by atoms with Crippen LogP contribution in [0.4, 0.5) is 0 Å². The van der Waals surface area contributed by atoms with Crippen LogP contribution in [0.25, 0.3) is 0 Å². The van der Waals surface area contributed by atoms with Gasteiger partial charge < -0.3 is 49.5 Å². The number of hydrogen-bond acceptors (Lipinski definition) is 15. The normalized spacial score (nSPS) is 8.80. The van der Waals surface area contributed by atoms with Crippen LogP contribution in [0.3, 0.4) is 0 Å². The van der Waals surface area contributed by atoms with Crippen molar-refractivity contribution in [2.24, 2.45) is 0 Å². The van der Waals surface area contributed by atoms with Crippen LogP contribution >= 0.6 is 0 Å². The fourth-order valence-electron chi connectivity index (χ4n) is 2.64. The quantitative estimate of drug-likeness (QED) is 0.119. The third-order valence-electron chi connectivity index (χ3n) is 4.35. The van der Waals surface area contributed by atoms with E-state index in [2.05, 4.69) is 0 Å². The summed E-state index contributed by atoms with van der Waals surface area (Å²) >= 11 is 0. The first kappa shape index (κ1) is 54.7. The Labute approximate surface area is 281 Å². The van der Waals surface area contributed by atoms with E-state index < -0.39 is 62.0 Å². The second-order valence-corrected chi connectivity index (χ2v) is 9.19. The van der Waals surface area contributed by atoms with Crippen molar-refractivity contribution in [1.82, 2.24) is 0 Å². The van der Waals surface area contributed by atoms with Gasteiger partial charge in [-0.05, 0) is 32.1 Å². The van der Waals surface area contributed by atoms with Gasteiger partial charge >= 0.3 is 18.6 Å². The van der Waals surface area contributed by atoms with Crippen molar-refractivity contribution in [2.45, 2.75) is 131 Å². The van der Waals surface area contributed by atoms with Gasteiger partial charge in [0.1, 0.15) is 28.9 Å². The SMILES string of the molecule is CCCC(=O)CC(=O)[O-].CCCC(=O)CC(=O)[O-].CCCC(=O)CC(=O)[O-].CCCC(=O)CC(=O)[O-].CCCC(=O)CC(=O)[O-].[V+5]. The molecule has 0 N–H and O–H groups in total. The molecule has 15 nitrogen and oxygen atoms in total. The van der Waals surface area contributed by atoms with E-state index in [9.17, 15) is 73.5 Å². The number of rotatable bonds is 20. The number of hydrogen-bond donors (Lipinski definition) is 0. The molecule has 0 radical (unpaired) electrons. The minimum absolute atomic E-state index is 0. The van der Waals surface area contributed by atoms with Crippen LogP contribution in [0.5, 0.6) is 0 Å². The van der Waals surface area contributed by atoms with Gasteiger partial charge in [-0.2, -0.15) is 0 Å². The fraction of sp³-hybridized carbons (Fsp3) is 0.667. The number of carbonyl (C=O) groups is 10. The molecule has 0 heterocycles. The van der Waals surface area contributed by atoms with Crippen LogP contribution in [0.2, 0.25) is 0 Å². The molecule has 0 saturated heterocycles. The van der Waals surface area contributed by atoms with Crippen molar-refractivity contribution in [1.29, 1.82) is 0 Å². The molecule has 0 aliphatic carbocycles. The molecule has 0 amide bonds. The molecule has 0 saturated carbocycles. The zero-order valence-electron chi connectivity index (χ0n) is 27.2. The van der Waals surface area contributed by atoms with Crippen LogP contribution < -0.4 is 25.5 Å². The summed E-state index contributed by atoms with van der Waals surface area (Å²) < 4.78 is 0. The monoisotopic (exact) mass is 696 g/mol. The van der Waals surface area contributed by atoms with Crippen molar-refractivity contribution >= 4 is 58.8 Å². The molecule has 0 aromatic rings. The summed E-state index contributed by atoms with van der Waals surface area (Å²) in [4.78, 5) is 101. The summed E-state index contributed by atoms with van der Waals surface area (Å²) in [7, 11) is 0. The summed E-state index contributed by atoms with van der Waals surface area (Å²) in [6, 6.07) is 0. The smallest absolute Gasteiger partial charge is 0.550 e. The molecule has 0 fully saturated rings. The van der Waals surface area contributed by atoms with Gasteiger partial charge in [-0.15, -0.1) is 0 Å². The average Bonchev–Trinajstić information content (AvgIpc) is 2.84. The van der Waals surface area contributed by atoms with Crippen molar-refractivity contribution < 1.29 is 92.0 Å². The predicted octanol–water partition coefficient (Wildman–Crippen LogP) is -2.52. The molecule has 0 atom stereocenters. The number of carboxylic acid groups (broad SMARTS) is 5. The molecule has 0 unspecified atom stereocenters. The van der Waals surface area contributed by atoms with Gasteiger partial charge in [0, 0.05) is 94.1 Å². The van der Waals surface area contributed by atoms with Crippen LogP contribution in [0.15, 0.2) is 0 Å². The number of ketones is 5. The molecule has 0 aromatic heterocycles. The Balaban J connectivity index is -0.000000108. The Morgan fingerprint density at radius 1 is 0.304 bits per heavy atom. The van der Waals surface area contributed by atoms with Crippen molar-refractivity contribution in [3.8, 4) is 0 Å². The van der Waals surface area contributed by atoms with Crippen molar-refractivity contribution in [3.05, 3.63) is 0 Å². The van der Waals surface area contributed by atoms with Crippen LogP contribution in [0.1, 0.15) is 131 Å². The topological polar surface area (TPSA) is 286 Å². The molecular weight excluding hydrogens is 651 g/mol. The van der Waals surface area contributed by atoms with E-state index >= 15 is 0 Å². The molecule has 0 spiro atoms. The predicted molar refractivity (Wildman–Crippen MR) is 148 cm³/mol. The Bertz CT molecular complexity index is 768. The maximum atomic E-state index is 10.4. The van der Waals surface area contributed by atoms with Crippen molar-refractivity contribution in [2.75, 3.05) is 0 Å². The third kappa shape index (κ3) is 63.5. The Morgan fingerprint density at radius 3 is 0.478 bits per heavy atom. The minimum Gasteiger partial charge on any atom is -0.550 e. The van der Waals surface area contributed by atoms with Crippen LogP contribution in [-0.2, 0) is 66.5 Å². The van der Waals surface area contributed by atoms with Crippen LogP contribution in [0, 0.1) is 0 Å². The summed E-state index contributed by atoms with van der Waals surface area (Å²) in [6.07, 6.45) is 3.03. The largest absolute Gasteiger partial charge is 5.00 e. The molecular formula is C30H45O15V. The van der Waals surface area contributed by atoms with Gasteiger partial charge in [0.05, 0.1) is 0 Å². The van der Waals surface area contributed by atoms with Gasteiger partial charge in [0.2, 0.25) is 0 Å². The van der Waals surface area contributed by atoms with E-state index in [0.29, 0.717) is 64.2 Å². The van der Waals surface area contributed by atoms with Gasteiger partial charge in [-0.3, -0.25) is 24.0 Å². The van der Waals surface area contributed by atoms with Gasteiger partial charge in [-0.1, -0.05) is 34.6 Å². The van der Waals surface area contributed by atoms with Gasteiger partial charge in [-0.25, -0.2) is 0 Å². The Hall–Kier alpha value is -3.72.